The number of fused-ring (bicyclic) bond motifs is 1. The summed E-state index contributed by atoms with van der Waals surface area (Å²) in [6.45, 7) is 1.86. The van der Waals surface area contributed by atoms with Gasteiger partial charge in [0.1, 0.15) is 11.5 Å². The van der Waals surface area contributed by atoms with Gasteiger partial charge in [0, 0.05) is 10.9 Å². The van der Waals surface area contributed by atoms with E-state index in [4.69, 9.17) is 4.42 Å². The zero-order valence-corrected chi connectivity index (χ0v) is 10.4. The SMILES string of the molecule is Cc1ccc2c(-c3ccc(C=O)o3)cccc2c1O. The Bertz CT molecular complexity index is 769. The Hall–Kier alpha value is -2.55. The summed E-state index contributed by atoms with van der Waals surface area (Å²) in [5.41, 5.74) is 1.69. The average Bonchev–Trinajstić information content (AvgIpc) is 2.91. The largest absolute Gasteiger partial charge is 0.507 e. The van der Waals surface area contributed by atoms with Crippen LogP contribution in [0, 0.1) is 6.92 Å². The molecule has 0 saturated carbocycles. The van der Waals surface area contributed by atoms with Gasteiger partial charge in [-0.3, -0.25) is 4.79 Å². The van der Waals surface area contributed by atoms with Crippen molar-refractivity contribution in [2.45, 2.75) is 6.92 Å². The van der Waals surface area contributed by atoms with Crippen LogP contribution in [0.3, 0.4) is 0 Å². The molecule has 1 aromatic heterocycles. The zero-order chi connectivity index (χ0) is 13.4. The second-order valence-corrected chi connectivity index (χ2v) is 4.45. The highest BCUT2D eigenvalue weighted by Gasteiger charge is 2.11. The van der Waals surface area contributed by atoms with Gasteiger partial charge in [-0.1, -0.05) is 30.3 Å². The third kappa shape index (κ3) is 1.80. The van der Waals surface area contributed by atoms with Gasteiger partial charge >= 0.3 is 0 Å². The van der Waals surface area contributed by atoms with E-state index in [1.807, 2.05) is 37.3 Å². The second-order valence-electron chi connectivity index (χ2n) is 4.45. The van der Waals surface area contributed by atoms with E-state index in [1.165, 1.54) is 0 Å². The maximum Gasteiger partial charge on any atom is 0.185 e. The van der Waals surface area contributed by atoms with E-state index in [-0.39, 0.29) is 5.75 Å². The lowest BCUT2D eigenvalue weighted by Crippen LogP contribution is -1.82. The molecule has 0 aliphatic carbocycles. The fourth-order valence-corrected chi connectivity index (χ4v) is 2.23. The maximum absolute atomic E-state index is 10.7. The highest BCUT2D eigenvalue weighted by molar-refractivity contribution is 5.99. The molecular weight excluding hydrogens is 240 g/mol. The normalized spacial score (nSPS) is 10.8. The molecule has 0 atom stereocenters. The molecular formula is C16H12O3. The van der Waals surface area contributed by atoms with Gasteiger partial charge in [0.2, 0.25) is 0 Å². The Morgan fingerprint density at radius 3 is 2.63 bits per heavy atom. The second kappa shape index (κ2) is 4.28. The van der Waals surface area contributed by atoms with Crippen LogP contribution in [0.15, 0.2) is 46.9 Å². The average molecular weight is 252 g/mol. The molecule has 3 rings (SSSR count). The molecule has 0 saturated heterocycles. The predicted octanol–water partition coefficient (Wildman–Crippen LogP) is 3.93. The maximum atomic E-state index is 10.7. The zero-order valence-electron chi connectivity index (χ0n) is 10.4. The number of aldehydes is 1. The summed E-state index contributed by atoms with van der Waals surface area (Å²) in [6.07, 6.45) is 0.677. The first-order chi connectivity index (χ1) is 9.20. The Kier molecular flexibility index (Phi) is 2.60. The number of carbonyl (C=O) groups is 1. The smallest absolute Gasteiger partial charge is 0.185 e. The molecule has 0 bridgehead atoms. The fourth-order valence-electron chi connectivity index (χ4n) is 2.23. The van der Waals surface area contributed by atoms with Gasteiger partial charge in [-0.25, -0.2) is 0 Å². The molecule has 0 spiro atoms. The van der Waals surface area contributed by atoms with Crippen molar-refractivity contribution in [2.24, 2.45) is 0 Å². The van der Waals surface area contributed by atoms with Crippen LogP contribution in [0.5, 0.6) is 5.75 Å². The van der Waals surface area contributed by atoms with Gasteiger partial charge in [-0.05, 0) is 30.0 Å². The van der Waals surface area contributed by atoms with Crippen molar-refractivity contribution in [1.82, 2.24) is 0 Å². The first kappa shape index (κ1) is 11.5. The van der Waals surface area contributed by atoms with Crippen LogP contribution in [-0.2, 0) is 0 Å². The Morgan fingerprint density at radius 2 is 1.89 bits per heavy atom. The molecule has 0 amide bonds. The summed E-state index contributed by atoms with van der Waals surface area (Å²) < 4.78 is 5.45. The number of phenols is 1. The van der Waals surface area contributed by atoms with Crippen molar-refractivity contribution < 1.29 is 14.3 Å². The number of hydrogen-bond donors (Lipinski definition) is 1. The standard InChI is InChI=1S/C16H12O3/c1-10-5-7-12-13(3-2-4-14(12)16(10)18)15-8-6-11(9-17)19-15/h2-9,18H,1H3. The minimum atomic E-state index is 0.279. The molecule has 19 heavy (non-hydrogen) atoms. The highest BCUT2D eigenvalue weighted by Crippen LogP contribution is 2.35. The van der Waals surface area contributed by atoms with Crippen LogP contribution in [0.1, 0.15) is 16.1 Å². The van der Waals surface area contributed by atoms with Crippen LogP contribution >= 0.6 is 0 Å². The third-order valence-electron chi connectivity index (χ3n) is 3.24. The number of benzene rings is 2. The van der Waals surface area contributed by atoms with Crippen LogP contribution in [0.4, 0.5) is 0 Å². The summed E-state index contributed by atoms with van der Waals surface area (Å²) in [4.78, 5) is 10.7. The van der Waals surface area contributed by atoms with Gasteiger partial charge in [0.05, 0.1) is 0 Å². The molecule has 0 aliphatic rings. The molecule has 1 N–H and O–H groups in total. The predicted molar refractivity (Wildman–Crippen MR) is 73.4 cm³/mol. The first-order valence-corrected chi connectivity index (χ1v) is 5.97. The summed E-state index contributed by atoms with van der Waals surface area (Å²) in [5, 5.41) is 11.8. The van der Waals surface area contributed by atoms with Crippen LogP contribution < -0.4 is 0 Å². The third-order valence-corrected chi connectivity index (χ3v) is 3.24. The van der Waals surface area contributed by atoms with E-state index in [1.54, 1.807) is 12.1 Å². The number of aromatic hydroxyl groups is 1. The Labute approximate surface area is 110 Å². The van der Waals surface area contributed by atoms with E-state index in [9.17, 15) is 9.90 Å². The Morgan fingerprint density at radius 1 is 1.05 bits per heavy atom. The molecule has 0 aliphatic heterocycles. The molecule has 0 radical (unpaired) electrons. The quantitative estimate of drug-likeness (QED) is 0.703. The number of rotatable bonds is 2. The van der Waals surface area contributed by atoms with E-state index < -0.39 is 0 Å². The molecule has 94 valence electrons. The number of phenolic OH excluding ortho intramolecular Hbond substituents is 1. The van der Waals surface area contributed by atoms with Gasteiger partial charge in [-0.15, -0.1) is 0 Å². The highest BCUT2D eigenvalue weighted by atomic mass is 16.3. The minimum Gasteiger partial charge on any atom is -0.507 e. The van der Waals surface area contributed by atoms with E-state index in [0.29, 0.717) is 17.8 Å². The molecule has 1 heterocycles. The van der Waals surface area contributed by atoms with Crippen molar-refractivity contribution in [2.75, 3.05) is 0 Å². The molecule has 3 heteroatoms. The number of hydrogen-bond acceptors (Lipinski definition) is 3. The van der Waals surface area contributed by atoms with E-state index in [0.717, 1.165) is 21.9 Å². The molecule has 3 aromatic rings. The van der Waals surface area contributed by atoms with Crippen molar-refractivity contribution in [3.63, 3.8) is 0 Å². The van der Waals surface area contributed by atoms with Crippen molar-refractivity contribution in [3.05, 3.63) is 53.8 Å². The van der Waals surface area contributed by atoms with Crippen LogP contribution in [0.25, 0.3) is 22.1 Å². The molecule has 0 unspecified atom stereocenters. The van der Waals surface area contributed by atoms with Crippen molar-refractivity contribution >= 4 is 17.1 Å². The molecule has 3 nitrogen and oxygen atoms in total. The van der Waals surface area contributed by atoms with Crippen molar-refractivity contribution in [3.8, 4) is 17.1 Å². The van der Waals surface area contributed by atoms with Gasteiger partial charge in [0.15, 0.2) is 12.0 Å². The van der Waals surface area contributed by atoms with Crippen LogP contribution in [-0.4, -0.2) is 11.4 Å². The lowest BCUT2D eigenvalue weighted by Gasteiger charge is -2.07. The van der Waals surface area contributed by atoms with Crippen LogP contribution in [0.2, 0.25) is 0 Å². The number of carbonyl (C=O) groups excluding carboxylic acids is 1. The lowest BCUT2D eigenvalue weighted by atomic mass is 10.00. The van der Waals surface area contributed by atoms with E-state index >= 15 is 0 Å². The first-order valence-electron chi connectivity index (χ1n) is 5.97. The summed E-state index contributed by atoms with van der Waals surface area (Å²) in [5.74, 6) is 1.20. The van der Waals surface area contributed by atoms with Gasteiger partial charge in [-0.2, -0.15) is 0 Å². The van der Waals surface area contributed by atoms with Gasteiger partial charge in [0.25, 0.3) is 0 Å². The summed E-state index contributed by atoms with van der Waals surface area (Å²) >= 11 is 0. The minimum absolute atomic E-state index is 0.279. The topological polar surface area (TPSA) is 50.4 Å². The van der Waals surface area contributed by atoms with Gasteiger partial charge < -0.3 is 9.52 Å². The summed E-state index contributed by atoms with van der Waals surface area (Å²) in [6, 6.07) is 12.8. The lowest BCUT2D eigenvalue weighted by molar-refractivity contribution is 0.110. The van der Waals surface area contributed by atoms with Crippen molar-refractivity contribution in [1.29, 1.82) is 0 Å². The molecule has 2 aromatic carbocycles. The number of furan rings is 1. The van der Waals surface area contributed by atoms with E-state index in [2.05, 4.69) is 0 Å². The monoisotopic (exact) mass is 252 g/mol. The fraction of sp³-hybridized carbons (Fsp3) is 0.0625. The summed E-state index contributed by atoms with van der Waals surface area (Å²) in [7, 11) is 0. The molecule has 0 fully saturated rings. The number of aryl methyl sites for hydroxylation is 1. The Balaban J connectivity index is 2.30.